The summed E-state index contributed by atoms with van der Waals surface area (Å²) in [4.78, 5) is 54.4. The molecule has 0 spiro atoms. The van der Waals surface area contributed by atoms with Gasteiger partial charge in [0.05, 0.1) is 25.3 Å². The fourth-order valence-electron chi connectivity index (χ4n) is 3.28. The number of ether oxygens (including phenoxy) is 2. The number of aromatic nitrogens is 2. The number of fused-ring (bicyclic) bond motifs is 5. The van der Waals surface area contributed by atoms with Crippen LogP contribution in [-0.2, 0) is 9.47 Å². The molecule has 140 valence electrons. The summed E-state index contributed by atoms with van der Waals surface area (Å²) in [5.41, 5.74) is 0.211. The van der Waals surface area contributed by atoms with Gasteiger partial charge < -0.3 is 19.4 Å². The van der Waals surface area contributed by atoms with Crippen molar-refractivity contribution in [2.75, 3.05) is 14.2 Å². The van der Waals surface area contributed by atoms with Gasteiger partial charge in [-0.2, -0.15) is 0 Å². The number of esters is 2. The Morgan fingerprint density at radius 2 is 1.04 bits per heavy atom. The molecule has 8 nitrogen and oxygen atoms in total. The summed E-state index contributed by atoms with van der Waals surface area (Å²) < 4.78 is 9.37. The second-order valence-electron chi connectivity index (χ2n) is 6.15. The first-order valence-electron chi connectivity index (χ1n) is 8.27. The summed E-state index contributed by atoms with van der Waals surface area (Å²) in [5.74, 6) is -1.34. The van der Waals surface area contributed by atoms with Crippen LogP contribution in [0.15, 0.2) is 46.0 Å². The van der Waals surface area contributed by atoms with Crippen LogP contribution in [0.1, 0.15) is 21.0 Å². The predicted octanol–water partition coefficient (Wildman–Crippen LogP) is 2.10. The van der Waals surface area contributed by atoms with Gasteiger partial charge in [0.1, 0.15) is 11.4 Å². The molecule has 0 bridgehead atoms. The van der Waals surface area contributed by atoms with Crippen molar-refractivity contribution in [3.63, 3.8) is 0 Å². The zero-order valence-corrected chi connectivity index (χ0v) is 14.9. The van der Waals surface area contributed by atoms with Crippen molar-refractivity contribution < 1.29 is 19.1 Å². The number of pyridine rings is 2. The maximum atomic E-state index is 12.4. The van der Waals surface area contributed by atoms with Crippen molar-refractivity contribution >= 4 is 44.5 Å². The molecule has 0 radical (unpaired) electrons. The predicted molar refractivity (Wildman–Crippen MR) is 103 cm³/mol. The summed E-state index contributed by atoms with van der Waals surface area (Å²) in [6.45, 7) is 0. The van der Waals surface area contributed by atoms with E-state index in [1.807, 2.05) is 0 Å². The number of H-pyrrole nitrogens is 2. The van der Waals surface area contributed by atoms with Crippen LogP contribution in [0, 0.1) is 0 Å². The molecule has 0 fully saturated rings. The van der Waals surface area contributed by atoms with Crippen molar-refractivity contribution in [3.05, 3.63) is 68.2 Å². The second kappa shape index (κ2) is 6.34. The van der Waals surface area contributed by atoms with E-state index in [0.29, 0.717) is 32.6 Å². The van der Waals surface area contributed by atoms with Gasteiger partial charge >= 0.3 is 11.9 Å². The lowest BCUT2D eigenvalue weighted by Crippen LogP contribution is -2.12. The molecule has 0 aliphatic carbocycles. The molecule has 28 heavy (non-hydrogen) atoms. The average molecular weight is 378 g/mol. The minimum atomic E-state index is -0.668. The first kappa shape index (κ1) is 17.5. The van der Waals surface area contributed by atoms with Crippen LogP contribution >= 0.6 is 0 Å². The van der Waals surface area contributed by atoms with E-state index in [9.17, 15) is 19.2 Å². The van der Waals surface area contributed by atoms with Crippen LogP contribution in [0.2, 0.25) is 0 Å². The molecule has 2 aromatic heterocycles. The molecule has 4 rings (SSSR count). The lowest BCUT2D eigenvalue weighted by Gasteiger charge is -2.09. The largest absolute Gasteiger partial charge is 0.464 e. The van der Waals surface area contributed by atoms with Crippen LogP contribution in [0.3, 0.4) is 0 Å². The third-order valence-electron chi connectivity index (χ3n) is 4.61. The van der Waals surface area contributed by atoms with Crippen molar-refractivity contribution in [3.8, 4) is 0 Å². The van der Waals surface area contributed by atoms with Crippen molar-refractivity contribution in [1.82, 2.24) is 9.97 Å². The van der Waals surface area contributed by atoms with Crippen LogP contribution in [0.4, 0.5) is 0 Å². The zero-order valence-electron chi connectivity index (χ0n) is 14.9. The number of carbonyl (C=O) groups is 2. The molecule has 0 unspecified atom stereocenters. The number of methoxy groups -OCH3 is 2. The molecular formula is C20H14N2O6. The number of hydrogen-bond acceptors (Lipinski definition) is 6. The van der Waals surface area contributed by atoms with E-state index in [-0.39, 0.29) is 22.2 Å². The van der Waals surface area contributed by atoms with Gasteiger partial charge in [-0.05, 0) is 12.1 Å². The van der Waals surface area contributed by atoms with Crippen LogP contribution in [0.25, 0.3) is 32.6 Å². The van der Waals surface area contributed by atoms with Gasteiger partial charge in [-0.1, -0.05) is 12.1 Å². The molecule has 0 aliphatic rings. The molecule has 2 heterocycles. The number of aromatic amines is 2. The first-order valence-corrected chi connectivity index (χ1v) is 8.27. The van der Waals surface area contributed by atoms with Gasteiger partial charge in [-0.25, -0.2) is 9.59 Å². The fourth-order valence-corrected chi connectivity index (χ4v) is 3.28. The van der Waals surface area contributed by atoms with Gasteiger partial charge in [-0.15, -0.1) is 0 Å². The highest BCUT2D eigenvalue weighted by molar-refractivity contribution is 6.15. The van der Waals surface area contributed by atoms with Crippen molar-refractivity contribution in [1.29, 1.82) is 0 Å². The Morgan fingerprint density at radius 1 is 0.679 bits per heavy atom. The summed E-state index contributed by atoms with van der Waals surface area (Å²) in [6, 6.07) is 8.92. The van der Waals surface area contributed by atoms with Crippen molar-refractivity contribution in [2.24, 2.45) is 0 Å². The molecule has 0 saturated carbocycles. The average Bonchev–Trinajstić information content (AvgIpc) is 2.71. The molecule has 2 N–H and O–H groups in total. The first-order chi connectivity index (χ1) is 13.4. The zero-order chi connectivity index (χ0) is 20.0. The maximum absolute atomic E-state index is 12.4. The molecule has 8 heteroatoms. The maximum Gasteiger partial charge on any atom is 0.354 e. The quantitative estimate of drug-likeness (QED) is 0.407. The highest BCUT2D eigenvalue weighted by Gasteiger charge is 2.15. The molecule has 4 aromatic rings. The minimum absolute atomic E-state index is 0.0180. The van der Waals surface area contributed by atoms with E-state index in [1.54, 1.807) is 24.3 Å². The molecular weight excluding hydrogens is 364 g/mol. The fraction of sp³-hybridized carbons (Fsp3) is 0.100. The van der Waals surface area contributed by atoms with E-state index in [1.165, 1.54) is 26.4 Å². The third-order valence-corrected chi connectivity index (χ3v) is 4.61. The summed E-state index contributed by atoms with van der Waals surface area (Å²) >= 11 is 0. The monoisotopic (exact) mass is 378 g/mol. The van der Waals surface area contributed by atoms with Crippen molar-refractivity contribution in [2.45, 2.75) is 0 Å². The highest BCUT2D eigenvalue weighted by Crippen LogP contribution is 2.27. The minimum Gasteiger partial charge on any atom is -0.464 e. The van der Waals surface area contributed by atoms with E-state index >= 15 is 0 Å². The Bertz CT molecular complexity index is 1300. The lowest BCUT2D eigenvalue weighted by molar-refractivity contribution is 0.0585. The summed E-state index contributed by atoms with van der Waals surface area (Å²) in [5, 5.41) is 1.97. The Morgan fingerprint density at radius 3 is 1.39 bits per heavy atom. The summed E-state index contributed by atoms with van der Waals surface area (Å²) in [6.07, 6.45) is 0. The highest BCUT2D eigenvalue weighted by atomic mass is 16.5. The second-order valence-corrected chi connectivity index (χ2v) is 6.15. The lowest BCUT2D eigenvalue weighted by atomic mass is 10.0. The summed E-state index contributed by atoms with van der Waals surface area (Å²) in [7, 11) is 2.45. The molecule has 0 aliphatic heterocycles. The molecule has 0 saturated heterocycles. The van der Waals surface area contributed by atoms with Crippen LogP contribution in [-0.4, -0.2) is 36.1 Å². The molecule has 2 aromatic carbocycles. The van der Waals surface area contributed by atoms with Crippen LogP contribution < -0.4 is 10.9 Å². The topological polar surface area (TPSA) is 118 Å². The number of nitrogens with one attached hydrogen (secondary N) is 2. The Balaban J connectivity index is 2.16. The van der Waals surface area contributed by atoms with E-state index in [2.05, 4.69) is 19.4 Å². The van der Waals surface area contributed by atoms with Gasteiger partial charge in [0.25, 0.3) is 0 Å². The van der Waals surface area contributed by atoms with E-state index in [0.717, 1.165) is 0 Å². The van der Waals surface area contributed by atoms with Gasteiger partial charge in [0.2, 0.25) is 0 Å². The SMILES string of the molecule is COC(=O)c1cc(=O)c2ccc3c(ccc4c(=O)cc(C(=O)OC)[nH]c43)c2[nH]1. The number of benzene rings is 2. The van der Waals surface area contributed by atoms with Gasteiger partial charge in [0, 0.05) is 33.7 Å². The van der Waals surface area contributed by atoms with Gasteiger partial charge in [-0.3, -0.25) is 9.59 Å². The smallest absolute Gasteiger partial charge is 0.354 e. The standard InChI is InChI=1S/C20H14N2O6/c1-27-19(25)13-7-15(23)11-5-4-10-9(17(11)21-13)3-6-12-16(24)8-14(20(26)28-2)22-18(10)12/h3-8H,1-2H3,(H,21,23)(H,22,24). The number of hydrogen-bond donors (Lipinski definition) is 2. The Kier molecular flexibility index (Phi) is 3.96. The van der Waals surface area contributed by atoms with E-state index in [4.69, 9.17) is 0 Å². The molecule has 0 amide bonds. The number of rotatable bonds is 2. The van der Waals surface area contributed by atoms with E-state index < -0.39 is 11.9 Å². The third kappa shape index (κ3) is 2.54. The Hall–Kier alpha value is -3.94. The normalized spacial score (nSPS) is 11.1. The van der Waals surface area contributed by atoms with Gasteiger partial charge in [0.15, 0.2) is 10.9 Å². The molecule has 0 atom stereocenters. The Labute approximate surface area is 156 Å². The van der Waals surface area contributed by atoms with Crippen LogP contribution in [0.5, 0.6) is 0 Å². The number of carbonyl (C=O) groups excluding carboxylic acids is 2.